The van der Waals surface area contributed by atoms with Crippen molar-refractivity contribution in [1.29, 1.82) is 0 Å². The molecule has 0 bridgehead atoms. The SMILES string of the molecule is Cc1cc(C)c(CC(N)c2ccc(Br)cc2)c(C)c1. The van der Waals surface area contributed by atoms with Crippen molar-refractivity contribution in [3.63, 3.8) is 0 Å². The van der Waals surface area contributed by atoms with Crippen LogP contribution in [-0.2, 0) is 6.42 Å². The Balaban J connectivity index is 2.24. The van der Waals surface area contributed by atoms with Crippen LogP contribution in [0.25, 0.3) is 0 Å². The highest BCUT2D eigenvalue weighted by Crippen LogP contribution is 2.23. The molecule has 0 fully saturated rings. The molecule has 19 heavy (non-hydrogen) atoms. The quantitative estimate of drug-likeness (QED) is 0.878. The number of benzene rings is 2. The van der Waals surface area contributed by atoms with E-state index in [4.69, 9.17) is 5.73 Å². The van der Waals surface area contributed by atoms with Gasteiger partial charge in [-0.3, -0.25) is 0 Å². The van der Waals surface area contributed by atoms with Crippen LogP contribution in [0, 0.1) is 20.8 Å². The van der Waals surface area contributed by atoms with E-state index in [9.17, 15) is 0 Å². The molecule has 0 aromatic heterocycles. The lowest BCUT2D eigenvalue weighted by molar-refractivity contribution is 0.715. The summed E-state index contributed by atoms with van der Waals surface area (Å²) in [6.45, 7) is 6.48. The second kappa shape index (κ2) is 5.89. The highest BCUT2D eigenvalue weighted by Gasteiger charge is 2.11. The predicted molar refractivity (Wildman–Crippen MR) is 85.4 cm³/mol. The summed E-state index contributed by atoms with van der Waals surface area (Å²) in [5.41, 5.74) is 12.9. The molecule has 0 amide bonds. The normalized spacial score (nSPS) is 12.5. The number of hydrogen-bond donors (Lipinski definition) is 1. The Labute approximate surface area is 124 Å². The van der Waals surface area contributed by atoms with Crippen LogP contribution in [0.5, 0.6) is 0 Å². The van der Waals surface area contributed by atoms with Crippen LogP contribution in [0.2, 0.25) is 0 Å². The molecule has 0 aliphatic carbocycles. The molecule has 0 spiro atoms. The van der Waals surface area contributed by atoms with E-state index >= 15 is 0 Å². The summed E-state index contributed by atoms with van der Waals surface area (Å²) in [5.74, 6) is 0. The molecule has 0 radical (unpaired) electrons. The zero-order valence-corrected chi connectivity index (χ0v) is 13.3. The van der Waals surface area contributed by atoms with E-state index < -0.39 is 0 Å². The van der Waals surface area contributed by atoms with Crippen LogP contribution in [-0.4, -0.2) is 0 Å². The maximum absolute atomic E-state index is 6.34. The third-order valence-corrected chi connectivity index (χ3v) is 4.09. The van der Waals surface area contributed by atoms with E-state index in [-0.39, 0.29) is 6.04 Å². The van der Waals surface area contributed by atoms with Crippen molar-refractivity contribution < 1.29 is 0 Å². The number of rotatable bonds is 3. The fourth-order valence-corrected chi connectivity index (χ4v) is 2.84. The van der Waals surface area contributed by atoms with Gasteiger partial charge in [0.15, 0.2) is 0 Å². The van der Waals surface area contributed by atoms with Gasteiger partial charge < -0.3 is 5.73 Å². The summed E-state index contributed by atoms with van der Waals surface area (Å²) < 4.78 is 1.09. The Morgan fingerprint density at radius 3 is 2.05 bits per heavy atom. The van der Waals surface area contributed by atoms with Crippen molar-refractivity contribution >= 4 is 15.9 Å². The van der Waals surface area contributed by atoms with Crippen LogP contribution >= 0.6 is 15.9 Å². The second-order valence-corrected chi connectivity index (χ2v) is 6.16. The van der Waals surface area contributed by atoms with Gasteiger partial charge in [0, 0.05) is 10.5 Å². The van der Waals surface area contributed by atoms with E-state index in [0.717, 1.165) is 10.9 Å². The Morgan fingerprint density at radius 1 is 1.00 bits per heavy atom. The Kier molecular flexibility index (Phi) is 4.43. The lowest BCUT2D eigenvalue weighted by Crippen LogP contribution is -2.14. The van der Waals surface area contributed by atoms with Gasteiger partial charge in [-0.1, -0.05) is 45.8 Å². The predicted octanol–water partition coefficient (Wildman–Crippen LogP) is 4.62. The topological polar surface area (TPSA) is 26.0 Å². The first-order valence-electron chi connectivity index (χ1n) is 6.55. The lowest BCUT2D eigenvalue weighted by Gasteiger charge is -2.17. The van der Waals surface area contributed by atoms with Gasteiger partial charge in [-0.05, 0) is 61.6 Å². The van der Waals surface area contributed by atoms with Crippen LogP contribution < -0.4 is 5.73 Å². The average molecular weight is 318 g/mol. The van der Waals surface area contributed by atoms with E-state index in [1.54, 1.807) is 0 Å². The molecule has 1 unspecified atom stereocenters. The van der Waals surface area contributed by atoms with E-state index in [0.29, 0.717) is 0 Å². The maximum Gasteiger partial charge on any atom is 0.0335 e. The molecule has 2 aromatic carbocycles. The number of hydrogen-bond acceptors (Lipinski definition) is 1. The van der Waals surface area contributed by atoms with Crippen molar-refractivity contribution in [2.45, 2.75) is 33.2 Å². The molecule has 0 heterocycles. The van der Waals surface area contributed by atoms with Gasteiger partial charge in [0.05, 0.1) is 0 Å². The third kappa shape index (κ3) is 3.46. The highest BCUT2D eigenvalue weighted by atomic mass is 79.9. The first-order chi connectivity index (χ1) is 8.97. The first kappa shape index (κ1) is 14.3. The van der Waals surface area contributed by atoms with Crippen molar-refractivity contribution in [2.24, 2.45) is 5.73 Å². The third-order valence-electron chi connectivity index (χ3n) is 3.56. The van der Waals surface area contributed by atoms with Gasteiger partial charge in [-0.2, -0.15) is 0 Å². The minimum absolute atomic E-state index is 0.0493. The molecule has 0 saturated carbocycles. The summed E-state index contributed by atoms with van der Waals surface area (Å²) in [7, 11) is 0. The number of aryl methyl sites for hydroxylation is 3. The summed E-state index contributed by atoms with van der Waals surface area (Å²) in [4.78, 5) is 0. The van der Waals surface area contributed by atoms with E-state index in [2.05, 4.69) is 61.0 Å². The molecule has 0 aliphatic heterocycles. The van der Waals surface area contributed by atoms with Gasteiger partial charge in [0.2, 0.25) is 0 Å². The Bertz CT molecular complexity index is 549. The molecular weight excluding hydrogens is 298 g/mol. The number of halogens is 1. The van der Waals surface area contributed by atoms with E-state index in [1.807, 2.05) is 12.1 Å². The van der Waals surface area contributed by atoms with Crippen LogP contribution in [0.4, 0.5) is 0 Å². The molecule has 100 valence electrons. The molecule has 0 saturated heterocycles. The zero-order valence-electron chi connectivity index (χ0n) is 11.7. The van der Waals surface area contributed by atoms with Crippen LogP contribution in [0.3, 0.4) is 0 Å². The summed E-state index contributed by atoms with van der Waals surface area (Å²) in [5, 5.41) is 0. The fourth-order valence-electron chi connectivity index (χ4n) is 2.58. The smallest absolute Gasteiger partial charge is 0.0335 e. The second-order valence-electron chi connectivity index (χ2n) is 5.24. The molecule has 2 heteroatoms. The van der Waals surface area contributed by atoms with Gasteiger partial charge in [-0.25, -0.2) is 0 Å². The first-order valence-corrected chi connectivity index (χ1v) is 7.34. The van der Waals surface area contributed by atoms with Gasteiger partial charge >= 0.3 is 0 Å². The summed E-state index contributed by atoms with van der Waals surface area (Å²) >= 11 is 3.45. The minimum Gasteiger partial charge on any atom is -0.324 e. The Hall–Kier alpha value is -1.12. The summed E-state index contributed by atoms with van der Waals surface area (Å²) in [6, 6.07) is 12.8. The standard InChI is InChI=1S/C17H20BrN/c1-11-8-12(2)16(13(3)9-11)10-17(19)14-4-6-15(18)7-5-14/h4-9,17H,10,19H2,1-3H3. The molecule has 1 nitrogen and oxygen atoms in total. The molecule has 2 aromatic rings. The van der Waals surface area contributed by atoms with Crippen molar-refractivity contribution in [3.05, 3.63) is 68.7 Å². The van der Waals surface area contributed by atoms with Crippen molar-refractivity contribution in [1.82, 2.24) is 0 Å². The minimum atomic E-state index is 0.0493. The molecule has 1 atom stereocenters. The zero-order chi connectivity index (χ0) is 14.0. The molecule has 2 N–H and O–H groups in total. The number of nitrogens with two attached hydrogens (primary N) is 1. The van der Waals surface area contributed by atoms with Gasteiger partial charge in [0.25, 0.3) is 0 Å². The summed E-state index contributed by atoms with van der Waals surface area (Å²) in [6.07, 6.45) is 0.888. The Morgan fingerprint density at radius 2 is 1.53 bits per heavy atom. The van der Waals surface area contributed by atoms with Crippen LogP contribution in [0.1, 0.15) is 33.9 Å². The fraction of sp³-hybridized carbons (Fsp3) is 0.294. The highest BCUT2D eigenvalue weighted by molar-refractivity contribution is 9.10. The average Bonchev–Trinajstić information content (AvgIpc) is 2.34. The van der Waals surface area contributed by atoms with Gasteiger partial charge in [-0.15, -0.1) is 0 Å². The van der Waals surface area contributed by atoms with Crippen LogP contribution in [0.15, 0.2) is 40.9 Å². The maximum atomic E-state index is 6.34. The molecular formula is C17H20BrN. The van der Waals surface area contributed by atoms with Gasteiger partial charge in [0.1, 0.15) is 0 Å². The van der Waals surface area contributed by atoms with Crippen molar-refractivity contribution in [2.75, 3.05) is 0 Å². The monoisotopic (exact) mass is 317 g/mol. The van der Waals surface area contributed by atoms with E-state index in [1.165, 1.54) is 27.8 Å². The largest absolute Gasteiger partial charge is 0.324 e. The molecule has 0 aliphatic rings. The lowest BCUT2D eigenvalue weighted by atomic mass is 9.92. The molecule has 2 rings (SSSR count). The van der Waals surface area contributed by atoms with Crippen molar-refractivity contribution in [3.8, 4) is 0 Å².